The number of anilines is 1. The van der Waals surface area contributed by atoms with Gasteiger partial charge in [0.2, 0.25) is 0 Å². The molecule has 2 fully saturated rings. The number of benzene rings is 2. The molecule has 29 heavy (non-hydrogen) atoms. The van der Waals surface area contributed by atoms with E-state index in [0.29, 0.717) is 37.4 Å². The lowest BCUT2D eigenvalue weighted by atomic mass is 9.92. The van der Waals surface area contributed by atoms with Crippen molar-refractivity contribution in [2.75, 3.05) is 38.3 Å². The van der Waals surface area contributed by atoms with Gasteiger partial charge >= 0.3 is 0 Å². The first kappa shape index (κ1) is 19.5. The van der Waals surface area contributed by atoms with Crippen molar-refractivity contribution >= 4 is 17.5 Å². The molecular formula is C23H26N2O4. The third-order valence-corrected chi connectivity index (χ3v) is 5.82. The number of carbonyl (C=O) groups is 2. The Morgan fingerprint density at radius 1 is 1.07 bits per heavy atom. The summed E-state index contributed by atoms with van der Waals surface area (Å²) >= 11 is 0. The van der Waals surface area contributed by atoms with Crippen LogP contribution in [0.5, 0.6) is 5.75 Å². The van der Waals surface area contributed by atoms with E-state index < -0.39 is 5.60 Å². The highest BCUT2D eigenvalue weighted by Gasteiger charge is 2.42. The van der Waals surface area contributed by atoms with Crippen LogP contribution in [0.15, 0.2) is 54.6 Å². The van der Waals surface area contributed by atoms with Gasteiger partial charge in [0.1, 0.15) is 12.4 Å². The van der Waals surface area contributed by atoms with Crippen LogP contribution in [0.25, 0.3) is 0 Å². The van der Waals surface area contributed by atoms with Gasteiger partial charge in [-0.15, -0.1) is 0 Å². The summed E-state index contributed by atoms with van der Waals surface area (Å²) in [6.07, 6.45) is 2.37. The van der Waals surface area contributed by atoms with Crippen molar-refractivity contribution in [3.63, 3.8) is 0 Å². The summed E-state index contributed by atoms with van der Waals surface area (Å²) in [5.74, 6) is 0.665. The van der Waals surface area contributed by atoms with Gasteiger partial charge in [-0.25, -0.2) is 0 Å². The first-order chi connectivity index (χ1) is 14.1. The molecule has 2 amide bonds. The average Bonchev–Trinajstić information content (AvgIpc) is 2.98. The second kappa shape index (κ2) is 8.25. The minimum Gasteiger partial charge on any atom is -0.497 e. The van der Waals surface area contributed by atoms with E-state index in [1.807, 2.05) is 58.3 Å². The lowest BCUT2D eigenvalue weighted by Crippen LogP contribution is -2.55. The van der Waals surface area contributed by atoms with Gasteiger partial charge in [-0.3, -0.25) is 9.59 Å². The van der Waals surface area contributed by atoms with Crippen LogP contribution in [0.2, 0.25) is 0 Å². The molecule has 0 radical (unpaired) electrons. The SMILES string of the molecule is COc1cccc(C(=O)N2CCCC3(CC2)CN(c2ccccc2)C(=O)CO3)c1. The Morgan fingerprint density at radius 3 is 2.69 bits per heavy atom. The predicted molar refractivity (Wildman–Crippen MR) is 110 cm³/mol. The van der Waals surface area contributed by atoms with Gasteiger partial charge < -0.3 is 19.3 Å². The van der Waals surface area contributed by atoms with Crippen molar-refractivity contribution in [3.8, 4) is 5.75 Å². The molecule has 2 aromatic carbocycles. The van der Waals surface area contributed by atoms with Crippen LogP contribution in [-0.4, -0.2) is 55.7 Å². The fourth-order valence-corrected chi connectivity index (χ4v) is 4.17. The van der Waals surface area contributed by atoms with Gasteiger partial charge in [0.25, 0.3) is 11.8 Å². The lowest BCUT2D eigenvalue weighted by Gasteiger charge is -2.42. The number of likely N-dealkylation sites (tertiary alicyclic amines) is 1. The average molecular weight is 394 g/mol. The normalized spacial score (nSPS) is 22.4. The number of methoxy groups -OCH3 is 1. The maximum absolute atomic E-state index is 13.0. The number of hydrogen-bond acceptors (Lipinski definition) is 4. The molecule has 0 bridgehead atoms. The molecule has 0 N–H and O–H groups in total. The molecule has 2 aromatic rings. The second-order valence-corrected chi connectivity index (χ2v) is 7.66. The highest BCUT2D eigenvalue weighted by atomic mass is 16.5. The molecule has 4 rings (SSSR count). The maximum atomic E-state index is 13.0. The third-order valence-electron chi connectivity index (χ3n) is 5.82. The van der Waals surface area contributed by atoms with E-state index >= 15 is 0 Å². The largest absolute Gasteiger partial charge is 0.497 e. The summed E-state index contributed by atoms with van der Waals surface area (Å²) in [5.41, 5.74) is 1.12. The Kier molecular flexibility index (Phi) is 5.53. The molecule has 0 aliphatic carbocycles. The summed E-state index contributed by atoms with van der Waals surface area (Å²) in [5, 5.41) is 0. The van der Waals surface area contributed by atoms with Crippen LogP contribution in [0, 0.1) is 0 Å². The summed E-state index contributed by atoms with van der Waals surface area (Å²) in [6, 6.07) is 17.0. The molecule has 6 heteroatoms. The van der Waals surface area contributed by atoms with Crippen molar-refractivity contribution < 1.29 is 19.1 Å². The maximum Gasteiger partial charge on any atom is 0.253 e. The molecule has 0 saturated carbocycles. The molecule has 6 nitrogen and oxygen atoms in total. The van der Waals surface area contributed by atoms with Gasteiger partial charge in [-0.2, -0.15) is 0 Å². The topological polar surface area (TPSA) is 59.1 Å². The summed E-state index contributed by atoms with van der Waals surface area (Å²) in [6.45, 7) is 1.89. The molecular weight excluding hydrogens is 368 g/mol. The van der Waals surface area contributed by atoms with Crippen LogP contribution in [0.3, 0.4) is 0 Å². The minimum atomic E-state index is -0.410. The Labute approximate surface area is 171 Å². The molecule has 2 heterocycles. The number of morpholine rings is 1. The van der Waals surface area contributed by atoms with Crippen molar-refractivity contribution in [1.29, 1.82) is 0 Å². The fourth-order valence-electron chi connectivity index (χ4n) is 4.17. The third kappa shape index (κ3) is 4.12. The fraction of sp³-hybridized carbons (Fsp3) is 0.391. The van der Waals surface area contributed by atoms with Crippen molar-refractivity contribution in [2.45, 2.75) is 24.9 Å². The number of carbonyl (C=O) groups excluding carboxylic acids is 2. The number of rotatable bonds is 3. The molecule has 2 saturated heterocycles. The van der Waals surface area contributed by atoms with Gasteiger partial charge in [0, 0.05) is 24.3 Å². The van der Waals surface area contributed by atoms with Crippen LogP contribution in [0.1, 0.15) is 29.6 Å². The number of ether oxygens (including phenoxy) is 2. The van der Waals surface area contributed by atoms with Crippen molar-refractivity contribution in [3.05, 3.63) is 60.2 Å². The Balaban J connectivity index is 1.48. The predicted octanol–water partition coefficient (Wildman–Crippen LogP) is 3.12. The Morgan fingerprint density at radius 2 is 1.90 bits per heavy atom. The summed E-state index contributed by atoms with van der Waals surface area (Å²) in [4.78, 5) is 29.2. The number of hydrogen-bond donors (Lipinski definition) is 0. The van der Waals surface area contributed by atoms with Crippen LogP contribution in [-0.2, 0) is 9.53 Å². The van der Waals surface area contributed by atoms with Crippen molar-refractivity contribution in [1.82, 2.24) is 4.90 Å². The first-order valence-electron chi connectivity index (χ1n) is 10.0. The quantitative estimate of drug-likeness (QED) is 0.803. The standard InChI is InChI=1S/C23H26N2O4/c1-28-20-10-5-7-18(15-20)22(27)24-13-6-11-23(12-14-24)17-25(21(26)16-29-23)19-8-3-2-4-9-19/h2-5,7-10,15H,6,11-14,16-17H2,1H3. The van der Waals surface area contributed by atoms with E-state index in [0.717, 1.165) is 18.5 Å². The van der Waals surface area contributed by atoms with Crippen LogP contribution >= 0.6 is 0 Å². The van der Waals surface area contributed by atoms with Crippen LogP contribution in [0.4, 0.5) is 5.69 Å². The highest BCUT2D eigenvalue weighted by Crippen LogP contribution is 2.33. The molecule has 152 valence electrons. The van der Waals surface area contributed by atoms with Crippen molar-refractivity contribution in [2.24, 2.45) is 0 Å². The summed E-state index contributed by atoms with van der Waals surface area (Å²) < 4.78 is 11.3. The number of nitrogens with zero attached hydrogens (tertiary/aromatic N) is 2. The monoisotopic (exact) mass is 394 g/mol. The summed E-state index contributed by atoms with van der Waals surface area (Å²) in [7, 11) is 1.60. The zero-order valence-corrected chi connectivity index (χ0v) is 16.7. The van der Waals surface area contributed by atoms with Gasteiger partial charge in [-0.1, -0.05) is 24.3 Å². The van der Waals surface area contributed by atoms with Gasteiger partial charge in [0.05, 0.1) is 19.3 Å². The molecule has 0 aromatic heterocycles. The van der Waals surface area contributed by atoms with Gasteiger partial charge in [-0.05, 0) is 49.6 Å². The van der Waals surface area contributed by atoms with Crippen LogP contribution < -0.4 is 9.64 Å². The molecule has 1 unspecified atom stereocenters. The molecule has 1 spiro atoms. The Bertz CT molecular complexity index is 885. The Hall–Kier alpha value is -2.86. The van der Waals surface area contributed by atoms with Gasteiger partial charge in [0.15, 0.2) is 0 Å². The lowest BCUT2D eigenvalue weighted by molar-refractivity contribution is -0.140. The van der Waals surface area contributed by atoms with E-state index in [2.05, 4.69) is 0 Å². The van der Waals surface area contributed by atoms with E-state index in [9.17, 15) is 9.59 Å². The molecule has 1 atom stereocenters. The van der Waals surface area contributed by atoms with E-state index in [4.69, 9.17) is 9.47 Å². The smallest absolute Gasteiger partial charge is 0.253 e. The first-order valence-corrected chi connectivity index (χ1v) is 10.0. The second-order valence-electron chi connectivity index (χ2n) is 7.66. The zero-order valence-electron chi connectivity index (χ0n) is 16.7. The number of amides is 2. The van der Waals surface area contributed by atoms with E-state index in [1.54, 1.807) is 13.2 Å². The highest BCUT2D eigenvalue weighted by molar-refractivity contribution is 5.95. The molecule has 2 aliphatic heterocycles. The zero-order chi connectivity index (χ0) is 20.3. The van der Waals surface area contributed by atoms with E-state index in [1.165, 1.54) is 0 Å². The van der Waals surface area contributed by atoms with E-state index in [-0.39, 0.29) is 18.4 Å². The number of para-hydroxylation sites is 1. The molecule has 2 aliphatic rings. The minimum absolute atomic E-state index is 0.00718.